The number of aliphatic hydroxyl groups is 1. The first kappa shape index (κ1) is 13.3. The molecular formula is C13H16N4O2. The van der Waals surface area contributed by atoms with Crippen LogP contribution in [0.3, 0.4) is 0 Å². The van der Waals surface area contributed by atoms with E-state index >= 15 is 0 Å². The summed E-state index contributed by atoms with van der Waals surface area (Å²) < 4.78 is 1.77. The SMILES string of the molecule is NCCn1cnc(C(=O)Nc2ccc(CO)cc2)c1. The monoisotopic (exact) mass is 260 g/mol. The maximum atomic E-state index is 11.9. The Hall–Kier alpha value is -2.18. The van der Waals surface area contributed by atoms with E-state index in [1.807, 2.05) is 0 Å². The molecule has 0 aliphatic rings. The second-order valence-corrected chi connectivity index (χ2v) is 4.09. The molecule has 0 aliphatic carbocycles. The number of amides is 1. The number of anilines is 1. The van der Waals surface area contributed by atoms with E-state index in [4.69, 9.17) is 10.8 Å². The Morgan fingerprint density at radius 1 is 1.37 bits per heavy atom. The van der Waals surface area contributed by atoms with Crippen molar-refractivity contribution in [3.63, 3.8) is 0 Å². The molecule has 0 atom stereocenters. The zero-order chi connectivity index (χ0) is 13.7. The van der Waals surface area contributed by atoms with Crippen molar-refractivity contribution in [2.75, 3.05) is 11.9 Å². The third-order valence-corrected chi connectivity index (χ3v) is 2.65. The van der Waals surface area contributed by atoms with Gasteiger partial charge in [0.2, 0.25) is 0 Å². The van der Waals surface area contributed by atoms with Crippen LogP contribution >= 0.6 is 0 Å². The van der Waals surface area contributed by atoms with E-state index in [0.29, 0.717) is 24.5 Å². The first-order valence-corrected chi connectivity index (χ1v) is 5.96. The summed E-state index contributed by atoms with van der Waals surface area (Å²) in [6, 6.07) is 6.98. The summed E-state index contributed by atoms with van der Waals surface area (Å²) in [6.45, 7) is 1.11. The molecule has 0 aliphatic heterocycles. The Labute approximate surface area is 110 Å². The van der Waals surface area contributed by atoms with Gasteiger partial charge in [0.25, 0.3) is 5.91 Å². The zero-order valence-electron chi connectivity index (χ0n) is 10.4. The molecule has 0 fully saturated rings. The fourth-order valence-corrected chi connectivity index (χ4v) is 1.64. The number of nitrogens with two attached hydrogens (primary N) is 1. The van der Waals surface area contributed by atoms with Crippen LogP contribution in [-0.4, -0.2) is 27.1 Å². The van der Waals surface area contributed by atoms with Gasteiger partial charge in [-0.25, -0.2) is 4.98 Å². The van der Waals surface area contributed by atoms with Crippen LogP contribution in [0, 0.1) is 0 Å². The summed E-state index contributed by atoms with van der Waals surface area (Å²) in [6.07, 6.45) is 3.24. The molecule has 1 heterocycles. The van der Waals surface area contributed by atoms with Crippen molar-refractivity contribution < 1.29 is 9.90 Å². The minimum Gasteiger partial charge on any atom is -0.392 e. The average Bonchev–Trinajstić information content (AvgIpc) is 2.89. The number of nitrogens with one attached hydrogen (secondary N) is 1. The van der Waals surface area contributed by atoms with E-state index in [0.717, 1.165) is 5.56 Å². The Bertz CT molecular complexity index is 548. The molecule has 0 saturated carbocycles. The summed E-state index contributed by atoms with van der Waals surface area (Å²) >= 11 is 0. The molecule has 0 unspecified atom stereocenters. The quantitative estimate of drug-likeness (QED) is 0.733. The predicted molar refractivity (Wildman–Crippen MR) is 71.6 cm³/mol. The molecule has 1 aromatic carbocycles. The van der Waals surface area contributed by atoms with Gasteiger partial charge in [0.15, 0.2) is 0 Å². The average molecular weight is 260 g/mol. The lowest BCUT2D eigenvalue weighted by molar-refractivity contribution is 0.102. The van der Waals surface area contributed by atoms with Crippen molar-refractivity contribution >= 4 is 11.6 Å². The van der Waals surface area contributed by atoms with Crippen LogP contribution in [-0.2, 0) is 13.2 Å². The van der Waals surface area contributed by atoms with Crippen LogP contribution in [0.1, 0.15) is 16.1 Å². The van der Waals surface area contributed by atoms with Gasteiger partial charge in [-0.2, -0.15) is 0 Å². The topological polar surface area (TPSA) is 93.2 Å². The summed E-state index contributed by atoms with van der Waals surface area (Å²) in [5.74, 6) is -0.271. The molecule has 6 nitrogen and oxygen atoms in total. The molecule has 0 bridgehead atoms. The van der Waals surface area contributed by atoms with Crippen LogP contribution < -0.4 is 11.1 Å². The minimum atomic E-state index is -0.271. The van der Waals surface area contributed by atoms with Crippen molar-refractivity contribution in [1.29, 1.82) is 0 Å². The lowest BCUT2D eigenvalue weighted by Crippen LogP contribution is -2.12. The normalized spacial score (nSPS) is 10.4. The Kier molecular flexibility index (Phi) is 4.27. The maximum absolute atomic E-state index is 11.9. The van der Waals surface area contributed by atoms with Crippen LogP contribution in [0.2, 0.25) is 0 Å². The van der Waals surface area contributed by atoms with Gasteiger partial charge in [-0.05, 0) is 17.7 Å². The van der Waals surface area contributed by atoms with E-state index in [2.05, 4.69) is 10.3 Å². The van der Waals surface area contributed by atoms with E-state index in [1.54, 1.807) is 41.4 Å². The highest BCUT2D eigenvalue weighted by molar-refractivity contribution is 6.02. The van der Waals surface area contributed by atoms with Crippen molar-refractivity contribution in [2.24, 2.45) is 5.73 Å². The van der Waals surface area contributed by atoms with Gasteiger partial charge < -0.3 is 20.7 Å². The highest BCUT2D eigenvalue weighted by Crippen LogP contribution is 2.10. The molecule has 0 spiro atoms. The lowest BCUT2D eigenvalue weighted by atomic mass is 10.2. The number of aromatic nitrogens is 2. The Morgan fingerprint density at radius 2 is 2.11 bits per heavy atom. The van der Waals surface area contributed by atoms with Crippen LogP contribution in [0.15, 0.2) is 36.8 Å². The van der Waals surface area contributed by atoms with E-state index in [1.165, 1.54) is 0 Å². The molecule has 1 amide bonds. The molecule has 0 radical (unpaired) electrons. The molecule has 19 heavy (non-hydrogen) atoms. The number of benzene rings is 1. The smallest absolute Gasteiger partial charge is 0.275 e. The molecule has 6 heteroatoms. The van der Waals surface area contributed by atoms with Crippen molar-refractivity contribution in [3.8, 4) is 0 Å². The first-order chi connectivity index (χ1) is 9.22. The fraction of sp³-hybridized carbons (Fsp3) is 0.231. The van der Waals surface area contributed by atoms with Crippen LogP contribution in [0.4, 0.5) is 5.69 Å². The highest BCUT2D eigenvalue weighted by atomic mass is 16.3. The van der Waals surface area contributed by atoms with Gasteiger partial charge in [0.05, 0.1) is 12.9 Å². The molecule has 2 rings (SSSR count). The lowest BCUT2D eigenvalue weighted by Gasteiger charge is -2.04. The number of hydrogen-bond donors (Lipinski definition) is 3. The second-order valence-electron chi connectivity index (χ2n) is 4.09. The molecular weight excluding hydrogens is 244 g/mol. The van der Waals surface area contributed by atoms with Gasteiger partial charge in [0, 0.05) is 25.0 Å². The zero-order valence-corrected chi connectivity index (χ0v) is 10.4. The minimum absolute atomic E-state index is 0.0161. The van der Waals surface area contributed by atoms with E-state index in [9.17, 15) is 4.79 Å². The molecule has 100 valence electrons. The maximum Gasteiger partial charge on any atom is 0.275 e. The summed E-state index contributed by atoms with van der Waals surface area (Å²) in [5.41, 5.74) is 7.23. The summed E-state index contributed by atoms with van der Waals surface area (Å²) in [5, 5.41) is 11.7. The third kappa shape index (κ3) is 3.40. The fourth-order valence-electron chi connectivity index (χ4n) is 1.64. The first-order valence-electron chi connectivity index (χ1n) is 5.96. The standard InChI is InChI=1S/C13H16N4O2/c14-5-6-17-7-12(15-9-17)13(19)16-11-3-1-10(8-18)2-4-11/h1-4,7,9,18H,5-6,8,14H2,(H,16,19). The second kappa shape index (κ2) is 6.12. The van der Waals surface area contributed by atoms with Gasteiger partial charge in [-0.15, -0.1) is 0 Å². The molecule has 1 aromatic heterocycles. The van der Waals surface area contributed by atoms with Gasteiger partial charge in [0.1, 0.15) is 5.69 Å². The summed E-state index contributed by atoms with van der Waals surface area (Å²) in [4.78, 5) is 15.9. The van der Waals surface area contributed by atoms with Crippen LogP contribution in [0.25, 0.3) is 0 Å². The highest BCUT2D eigenvalue weighted by Gasteiger charge is 2.09. The number of imidazole rings is 1. The van der Waals surface area contributed by atoms with E-state index in [-0.39, 0.29) is 12.5 Å². The number of rotatable bonds is 5. The number of carbonyl (C=O) groups excluding carboxylic acids is 1. The van der Waals surface area contributed by atoms with Crippen LogP contribution in [0.5, 0.6) is 0 Å². The van der Waals surface area contributed by atoms with Crippen molar-refractivity contribution in [2.45, 2.75) is 13.2 Å². The van der Waals surface area contributed by atoms with Gasteiger partial charge >= 0.3 is 0 Å². The summed E-state index contributed by atoms with van der Waals surface area (Å²) in [7, 11) is 0. The molecule has 2 aromatic rings. The van der Waals surface area contributed by atoms with E-state index < -0.39 is 0 Å². The van der Waals surface area contributed by atoms with Gasteiger partial charge in [-0.1, -0.05) is 12.1 Å². The number of carbonyl (C=O) groups is 1. The number of hydrogen-bond acceptors (Lipinski definition) is 4. The largest absolute Gasteiger partial charge is 0.392 e. The predicted octanol–water partition coefficient (Wildman–Crippen LogP) is 0.586. The number of aliphatic hydroxyl groups excluding tert-OH is 1. The number of nitrogens with zero attached hydrogens (tertiary/aromatic N) is 2. The molecule has 4 N–H and O–H groups in total. The third-order valence-electron chi connectivity index (χ3n) is 2.65. The van der Waals surface area contributed by atoms with Crippen molar-refractivity contribution in [1.82, 2.24) is 9.55 Å². The Morgan fingerprint density at radius 3 is 2.74 bits per heavy atom. The molecule has 0 saturated heterocycles. The van der Waals surface area contributed by atoms with Gasteiger partial charge in [-0.3, -0.25) is 4.79 Å². The van der Waals surface area contributed by atoms with Crippen molar-refractivity contribution in [3.05, 3.63) is 48.0 Å². The Balaban J connectivity index is 2.02.